The molecule has 1 aromatic heterocycles. The monoisotopic (exact) mass is 297 g/mol. The molecular formula is C16H19N5O. The third-order valence-electron chi connectivity index (χ3n) is 2.86. The van der Waals surface area contributed by atoms with E-state index in [1.54, 1.807) is 6.20 Å². The van der Waals surface area contributed by atoms with E-state index in [-0.39, 0.29) is 18.4 Å². The van der Waals surface area contributed by atoms with Gasteiger partial charge < -0.3 is 16.4 Å². The third-order valence-corrected chi connectivity index (χ3v) is 2.86. The van der Waals surface area contributed by atoms with E-state index in [4.69, 9.17) is 5.73 Å². The van der Waals surface area contributed by atoms with Gasteiger partial charge in [0.05, 0.1) is 0 Å². The molecule has 0 saturated heterocycles. The van der Waals surface area contributed by atoms with Gasteiger partial charge in [-0.05, 0) is 24.3 Å². The van der Waals surface area contributed by atoms with Gasteiger partial charge >= 0.3 is 0 Å². The fourth-order valence-corrected chi connectivity index (χ4v) is 1.80. The Morgan fingerprint density at radius 2 is 1.91 bits per heavy atom. The lowest BCUT2D eigenvalue weighted by Crippen LogP contribution is -2.34. The molecule has 114 valence electrons. The maximum absolute atomic E-state index is 11.7. The normalized spacial score (nSPS) is 11.0. The van der Waals surface area contributed by atoms with E-state index in [2.05, 4.69) is 20.6 Å². The van der Waals surface area contributed by atoms with Crippen molar-refractivity contribution in [2.24, 2.45) is 10.7 Å². The Labute approximate surface area is 129 Å². The predicted octanol–water partition coefficient (Wildman–Crippen LogP) is 1.17. The highest BCUT2D eigenvalue weighted by Crippen LogP contribution is 2.04. The van der Waals surface area contributed by atoms with Gasteiger partial charge in [-0.3, -0.25) is 9.78 Å². The highest BCUT2D eigenvalue weighted by atomic mass is 16.1. The molecular weight excluding hydrogens is 278 g/mol. The number of amides is 1. The standard InChI is InChI=1S/C16H19N5O/c17-16(19-11-9-13-6-4-5-10-18-13)20-12-15(22)21-14-7-2-1-3-8-14/h1-8,10H,9,11-12H2,(H,21,22)(H3,17,19,20). The van der Waals surface area contributed by atoms with Crippen molar-refractivity contribution < 1.29 is 4.79 Å². The van der Waals surface area contributed by atoms with Crippen LogP contribution >= 0.6 is 0 Å². The molecule has 22 heavy (non-hydrogen) atoms. The Morgan fingerprint density at radius 3 is 2.64 bits per heavy atom. The maximum Gasteiger partial charge on any atom is 0.246 e. The molecule has 2 aromatic rings. The first-order valence-corrected chi connectivity index (χ1v) is 7.02. The number of nitrogens with zero attached hydrogens (tertiary/aromatic N) is 2. The van der Waals surface area contributed by atoms with E-state index >= 15 is 0 Å². The van der Waals surface area contributed by atoms with E-state index in [9.17, 15) is 4.79 Å². The molecule has 0 spiro atoms. The fourth-order valence-electron chi connectivity index (χ4n) is 1.80. The van der Waals surface area contributed by atoms with E-state index in [1.165, 1.54) is 0 Å². The van der Waals surface area contributed by atoms with Crippen LogP contribution in [0.5, 0.6) is 0 Å². The molecule has 4 N–H and O–H groups in total. The number of nitrogens with one attached hydrogen (secondary N) is 2. The Hall–Kier alpha value is -2.89. The molecule has 0 aliphatic heterocycles. The smallest absolute Gasteiger partial charge is 0.246 e. The average molecular weight is 297 g/mol. The number of benzene rings is 1. The van der Waals surface area contributed by atoms with Gasteiger partial charge in [0.15, 0.2) is 5.96 Å². The number of para-hydroxylation sites is 1. The average Bonchev–Trinajstić information content (AvgIpc) is 2.55. The highest BCUT2D eigenvalue weighted by Gasteiger charge is 2.01. The van der Waals surface area contributed by atoms with Gasteiger partial charge in [-0.1, -0.05) is 24.3 Å². The lowest BCUT2D eigenvalue weighted by molar-refractivity contribution is -0.114. The molecule has 6 nitrogen and oxygen atoms in total. The van der Waals surface area contributed by atoms with Crippen molar-refractivity contribution in [1.82, 2.24) is 10.3 Å². The Kier molecular flexibility index (Phi) is 5.92. The maximum atomic E-state index is 11.7. The van der Waals surface area contributed by atoms with Crippen molar-refractivity contribution in [3.8, 4) is 0 Å². The van der Waals surface area contributed by atoms with Crippen LogP contribution in [0.1, 0.15) is 5.69 Å². The van der Waals surface area contributed by atoms with Gasteiger partial charge in [0, 0.05) is 30.5 Å². The van der Waals surface area contributed by atoms with Crippen molar-refractivity contribution in [1.29, 1.82) is 0 Å². The molecule has 0 aliphatic rings. The number of aliphatic imine (C=N–C) groups is 1. The van der Waals surface area contributed by atoms with Gasteiger partial charge in [0.1, 0.15) is 6.54 Å². The summed E-state index contributed by atoms with van der Waals surface area (Å²) in [5.74, 6) is 0.0415. The molecule has 6 heteroatoms. The summed E-state index contributed by atoms with van der Waals surface area (Å²) < 4.78 is 0. The fraction of sp³-hybridized carbons (Fsp3) is 0.188. The summed E-state index contributed by atoms with van der Waals surface area (Å²) in [6.07, 6.45) is 2.49. The van der Waals surface area contributed by atoms with Crippen molar-refractivity contribution in [2.75, 3.05) is 18.4 Å². The van der Waals surface area contributed by atoms with Crippen LogP contribution in [-0.4, -0.2) is 29.9 Å². The van der Waals surface area contributed by atoms with Crippen LogP contribution in [0.4, 0.5) is 5.69 Å². The molecule has 0 radical (unpaired) electrons. The minimum absolute atomic E-state index is 0.0166. The topological polar surface area (TPSA) is 92.4 Å². The minimum Gasteiger partial charge on any atom is -0.370 e. The number of carbonyl (C=O) groups is 1. The summed E-state index contributed by atoms with van der Waals surface area (Å²) in [5, 5.41) is 5.70. The van der Waals surface area contributed by atoms with Crippen LogP contribution < -0.4 is 16.4 Å². The number of anilines is 1. The molecule has 0 aliphatic carbocycles. The zero-order chi connectivity index (χ0) is 15.6. The first-order valence-electron chi connectivity index (χ1n) is 7.02. The summed E-state index contributed by atoms with van der Waals surface area (Å²) in [5.41, 5.74) is 7.43. The van der Waals surface area contributed by atoms with Crippen molar-refractivity contribution in [3.05, 3.63) is 60.4 Å². The highest BCUT2D eigenvalue weighted by molar-refractivity contribution is 5.93. The summed E-state index contributed by atoms with van der Waals surface area (Å²) in [6.45, 7) is 0.601. The van der Waals surface area contributed by atoms with Crippen molar-refractivity contribution in [3.63, 3.8) is 0 Å². The largest absolute Gasteiger partial charge is 0.370 e. The predicted molar refractivity (Wildman–Crippen MR) is 87.5 cm³/mol. The van der Waals surface area contributed by atoms with Gasteiger partial charge in [-0.15, -0.1) is 0 Å². The number of guanidine groups is 1. The first-order chi connectivity index (χ1) is 10.7. The zero-order valence-electron chi connectivity index (χ0n) is 12.2. The Morgan fingerprint density at radius 1 is 1.14 bits per heavy atom. The number of aromatic nitrogens is 1. The van der Waals surface area contributed by atoms with Crippen LogP contribution in [0.25, 0.3) is 0 Å². The number of pyridine rings is 1. The summed E-state index contributed by atoms with van der Waals surface area (Å²) in [4.78, 5) is 19.9. The van der Waals surface area contributed by atoms with Crippen LogP contribution in [0.15, 0.2) is 59.7 Å². The Bertz CT molecular complexity index is 613. The first kappa shape index (κ1) is 15.5. The summed E-state index contributed by atoms with van der Waals surface area (Å²) in [7, 11) is 0. The van der Waals surface area contributed by atoms with Crippen LogP contribution in [0.2, 0.25) is 0 Å². The lowest BCUT2D eigenvalue weighted by atomic mass is 10.3. The van der Waals surface area contributed by atoms with Crippen LogP contribution in [-0.2, 0) is 11.2 Å². The number of rotatable bonds is 6. The number of carbonyl (C=O) groups excluding carboxylic acids is 1. The number of nitrogens with two attached hydrogens (primary N) is 1. The molecule has 2 rings (SSSR count). The quantitative estimate of drug-likeness (QED) is 0.551. The van der Waals surface area contributed by atoms with Crippen molar-refractivity contribution in [2.45, 2.75) is 6.42 Å². The van der Waals surface area contributed by atoms with Gasteiger partial charge in [0.25, 0.3) is 0 Å². The van der Waals surface area contributed by atoms with E-state index in [0.29, 0.717) is 6.54 Å². The van der Waals surface area contributed by atoms with E-state index in [0.717, 1.165) is 17.8 Å². The molecule has 0 fully saturated rings. The number of hydrogen-bond donors (Lipinski definition) is 3. The second-order valence-electron chi connectivity index (χ2n) is 4.61. The van der Waals surface area contributed by atoms with Crippen LogP contribution in [0.3, 0.4) is 0 Å². The lowest BCUT2D eigenvalue weighted by Gasteiger charge is -2.06. The molecule has 1 amide bonds. The molecule has 0 bridgehead atoms. The molecule has 0 atom stereocenters. The minimum atomic E-state index is -0.208. The zero-order valence-corrected chi connectivity index (χ0v) is 12.2. The van der Waals surface area contributed by atoms with E-state index in [1.807, 2.05) is 48.5 Å². The second kappa shape index (κ2) is 8.41. The summed E-state index contributed by atoms with van der Waals surface area (Å²) >= 11 is 0. The second-order valence-corrected chi connectivity index (χ2v) is 4.61. The molecule has 1 aromatic carbocycles. The van der Waals surface area contributed by atoms with Gasteiger partial charge in [-0.2, -0.15) is 0 Å². The SMILES string of the molecule is NC(=NCC(=O)Nc1ccccc1)NCCc1ccccn1. The number of hydrogen-bond acceptors (Lipinski definition) is 3. The Balaban J connectivity index is 1.69. The van der Waals surface area contributed by atoms with E-state index < -0.39 is 0 Å². The summed E-state index contributed by atoms with van der Waals surface area (Å²) in [6, 6.07) is 15.0. The van der Waals surface area contributed by atoms with Crippen LogP contribution in [0, 0.1) is 0 Å². The van der Waals surface area contributed by atoms with Gasteiger partial charge in [0.2, 0.25) is 5.91 Å². The van der Waals surface area contributed by atoms with Crippen molar-refractivity contribution >= 4 is 17.6 Å². The van der Waals surface area contributed by atoms with Gasteiger partial charge in [-0.25, -0.2) is 4.99 Å². The molecule has 0 unspecified atom stereocenters. The molecule has 0 saturated carbocycles. The third kappa shape index (κ3) is 5.62. The molecule has 1 heterocycles.